The highest BCUT2D eigenvalue weighted by Crippen LogP contribution is 2.23. The van der Waals surface area contributed by atoms with E-state index in [2.05, 4.69) is 18.7 Å². The first-order chi connectivity index (χ1) is 8.10. The second kappa shape index (κ2) is 6.28. The zero-order valence-electron chi connectivity index (χ0n) is 10.9. The van der Waals surface area contributed by atoms with Crippen molar-refractivity contribution in [1.29, 1.82) is 0 Å². The number of carbonyl (C=O) groups is 1. The van der Waals surface area contributed by atoms with Crippen molar-refractivity contribution in [2.45, 2.75) is 33.6 Å². The molecule has 0 fully saturated rings. The Labute approximate surface area is 103 Å². The first-order valence-corrected chi connectivity index (χ1v) is 6.19. The molecule has 0 saturated heterocycles. The van der Waals surface area contributed by atoms with Gasteiger partial charge in [0.25, 0.3) is 0 Å². The van der Waals surface area contributed by atoms with E-state index in [4.69, 9.17) is 0 Å². The zero-order valence-corrected chi connectivity index (χ0v) is 10.9. The molecule has 1 N–H and O–H groups in total. The summed E-state index contributed by atoms with van der Waals surface area (Å²) in [7, 11) is 0. The number of rotatable bonds is 6. The largest absolute Gasteiger partial charge is 0.478 e. The van der Waals surface area contributed by atoms with Crippen molar-refractivity contribution in [1.82, 2.24) is 0 Å². The topological polar surface area (TPSA) is 40.5 Å². The smallest absolute Gasteiger partial charge is 0.337 e. The average Bonchev–Trinajstić information content (AvgIpc) is 2.28. The highest BCUT2D eigenvalue weighted by Gasteiger charge is 2.15. The Morgan fingerprint density at radius 2 is 1.82 bits per heavy atom. The molecule has 94 valence electrons. The fraction of sp³-hybridized carbons (Fsp3) is 0.500. The number of hydrogen-bond acceptors (Lipinski definition) is 2. The van der Waals surface area contributed by atoms with E-state index in [0.717, 1.165) is 37.2 Å². The van der Waals surface area contributed by atoms with Crippen LogP contribution < -0.4 is 4.90 Å². The van der Waals surface area contributed by atoms with Crippen molar-refractivity contribution >= 4 is 11.7 Å². The van der Waals surface area contributed by atoms with Crippen molar-refractivity contribution in [3.05, 3.63) is 29.3 Å². The molecule has 17 heavy (non-hydrogen) atoms. The highest BCUT2D eigenvalue weighted by molar-refractivity contribution is 5.94. The Hall–Kier alpha value is -1.51. The lowest BCUT2D eigenvalue weighted by Gasteiger charge is -2.25. The molecule has 1 aromatic carbocycles. The van der Waals surface area contributed by atoms with E-state index in [1.165, 1.54) is 0 Å². The molecule has 0 heterocycles. The fourth-order valence-corrected chi connectivity index (χ4v) is 1.98. The van der Waals surface area contributed by atoms with Gasteiger partial charge >= 0.3 is 5.97 Å². The summed E-state index contributed by atoms with van der Waals surface area (Å²) in [4.78, 5) is 13.4. The van der Waals surface area contributed by atoms with Gasteiger partial charge in [0, 0.05) is 13.1 Å². The van der Waals surface area contributed by atoms with Gasteiger partial charge in [-0.3, -0.25) is 0 Å². The van der Waals surface area contributed by atoms with Gasteiger partial charge in [0.1, 0.15) is 0 Å². The van der Waals surface area contributed by atoms with Crippen molar-refractivity contribution in [2.24, 2.45) is 0 Å². The van der Waals surface area contributed by atoms with Crippen molar-refractivity contribution < 1.29 is 9.90 Å². The summed E-state index contributed by atoms with van der Waals surface area (Å²) in [5.74, 6) is -0.850. The Morgan fingerprint density at radius 3 is 2.29 bits per heavy atom. The molecule has 1 aromatic rings. The maximum absolute atomic E-state index is 11.2. The Bertz CT molecular complexity index is 382. The van der Waals surface area contributed by atoms with Gasteiger partial charge in [0.05, 0.1) is 11.3 Å². The van der Waals surface area contributed by atoms with Crippen LogP contribution in [-0.2, 0) is 0 Å². The summed E-state index contributed by atoms with van der Waals surface area (Å²) in [6.45, 7) is 8.01. The third-order valence-corrected chi connectivity index (χ3v) is 2.71. The molecule has 0 aromatic heterocycles. The van der Waals surface area contributed by atoms with Gasteiger partial charge in [-0.15, -0.1) is 0 Å². The lowest BCUT2D eigenvalue weighted by Crippen LogP contribution is -2.26. The quantitative estimate of drug-likeness (QED) is 0.822. The number of aryl methyl sites for hydroxylation is 1. The lowest BCUT2D eigenvalue weighted by molar-refractivity contribution is 0.0697. The third-order valence-electron chi connectivity index (χ3n) is 2.71. The van der Waals surface area contributed by atoms with Gasteiger partial charge in [0.2, 0.25) is 0 Å². The van der Waals surface area contributed by atoms with E-state index in [1.807, 2.05) is 19.1 Å². The van der Waals surface area contributed by atoms with Crippen LogP contribution in [0.2, 0.25) is 0 Å². The molecule has 0 saturated carbocycles. The van der Waals surface area contributed by atoms with Crippen LogP contribution in [0.5, 0.6) is 0 Å². The van der Waals surface area contributed by atoms with Gasteiger partial charge in [-0.2, -0.15) is 0 Å². The molecule has 0 atom stereocenters. The second-order valence-electron chi connectivity index (χ2n) is 4.31. The van der Waals surface area contributed by atoms with E-state index in [9.17, 15) is 9.90 Å². The molecule has 0 spiro atoms. The van der Waals surface area contributed by atoms with E-state index < -0.39 is 5.97 Å². The summed E-state index contributed by atoms with van der Waals surface area (Å²) in [6, 6.07) is 5.52. The summed E-state index contributed by atoms with van der Waals surface area (Å²) >= 11 is 0. The minimum atomic E-state index is -0.850. The molecule has 0 radical (unpaired) electrons. The standard InChI is InChI=1S/C14H21NO2/c1-4-8-15(9-5-2)13-10-11(3)6-7-12(13)14(16)17/h6-7,10H,4-5,8-9H2,1-3H3,(H,16,17). The van der Waals surface area contributed by atoms with Crippen LogP contribution in [0.15, 0.2) is 18.2 Å². The number of anilines is 1. The predicted molar refractivity (Wildman–Crippen MR) is 70.9 cm³/mol. The number of benzene rings is 1. The molecule has 0 aliphatic heterocycles. The Balaban J connectivity index is 3.14. The van der Waals surface area contributed by atoms with Crippen LogP contribution >= 0.6 is 0 Å². The van der Waals surface area contributed by atoms with Crippen LogP contribution in [0.4, 0.5) is 5.69 Å². The highest BCUT2D eigenvalue weighted by atomic mass is 16.4. The molecule has 0 aliphatic rings. The summed E-state index contributed by atoms with van der Waals surface area (Å²) in [6.07, 6.45) is 2.04. The Morgan fingerprint density at radius 1 is 1.24 bits per heavy atom. The summed E-state index contributed by atoms with van der Waals surface area (Å²) in [5, 5.41) is 9.22. The first kappa shape index (κ1) is 13.6. The maximum Gasteiger partial charge on any atom is 0.337 e. The van der Waals surface area contributed by atoms with Crippen LogP contribution in [-0.4, -0.2) is 24.2 Å². The summed E-state index contributed by atoms with van der Waals surface area (Å²) in [5.41, 5.74) is 2.35. The second-order valence-corrected chi connectivity index (χ2v) is 4.31. The van der Waals surface area contributed by atoms with Gasteiger partial charge < -0.3 is 10.0 Å². The number of hydrogen-bond donors (Lipinski definition) is 1. The van der Waals surface area contributed by atoms with Gasteiger partial charge in [-0.25, -0.2) is 4.79 Å². The van der Waals surface area contributed by atoms with Gasteiger partial charge in [0.15, 0.2) is 0 Å². The van der Waals surface area contributed by atoms with E-state index in [1.54, 1.807) is 6.07 Å². The minimum Gasteiger partial charge on any atom is -0.478 e. The monoisotopic (exact) mass is 235 g/mol. The number of carboxylic acids is 1. The number of aromatic carboxylic acids is 1. The molecule has 3 nitrogen and oxygen atoms in total. The zero-order chi connectivity index (χ0) is 12.8. The Kier molecular flexibility index (Phi) is 5.01. The van der Waals surface area contributed by atoms with Crippen LogP contribution in [0.3, 0.4) is 0 Å². The van der Waals surface area contributed by atoms with Crippen LogP contribution in [0, 0.1) is 6.92 Å². The molecule has 1 rings (SSSR count). The van der Waals surface area contributed by atoms with Crippen LogP contribution in [0.25, 0.3) is 0 Å². The molecular formula is C14H21NO2. The van der Waals surface area contributed by atoms with Crippen molar-refractivity contribution in [3.63, 3.8) is 0 Å². The maximum atomic E-state index is 11.2. The molecule has 0 amide bonds. The number of carboxylic acid groups (broad SMARTS) is 1. The van der Waals surface area contributed by atoms with Crippen molar-refractivity contribution in [2.75, 3.05) is 18.0 Å². The van der Waals surface area contributed by atoms with Crippen LogP contribution in [0.1, 0.15) is 42.6 Å². The number of nitrogens with zero attached hydrogens (tertiary/aromatic N) is 1. The molecule has 3 heteroatoms. The normalized spacial score (nSPS) is 10.3. The third kappa shape index (κ3) is 3.48. The van der Waals surface area contributed by atoms with Gasteiger partial charge in [-0.05, 0) is 37.5 Å². The predicted octanol–water partition coefficient (Wildman–Crippen LogP) is 3.32. The van der Waals surface area contributed by atoms with Crippen molar-refractivity contribution in [3.8, 4) is 0 Å². The van der Waals surface area contributed by atoms with Gasteiger partial charge in [-0.1, -0.05) is 19.9 Å². The fourth-order valence-electron chi connectivity index (χ4n) is 1.98. The SMILES string of the molecule is CCCN(CCC)c1cc(C)ccc1C(=O)O. The van der Waals surface area contributed by atoms with E-state index >= 15 is 0 Å². The molecular weight excluding hydrogens is 214 g/mol. The molecule has 0 aliphatic carbocycles. The average molecular weight is 235 g/mol. The first-order valence-electron chi connectivity index (χ1n) is 6.19. The minimum absolute atomic E-state index is 0.400. The van der Waals surface area contributed by atoms with E-state index in [0.29, 0.717) is 5.56 Å². The summed E-state index contributed by atoms with van der Waals surface area (Å²) < 4.78 is 0. The molecule has 0 unspecified atom stereocenters. The molecule has 0 bridgehead atoms. The van der Waals surface area contributed by atoms with E-state index in [-0.39, 0.29) is 0 Å². The lowest BCUT2D eigenvalue weighted by atomic mass is 10.1.